The minimum atomic E-state index is -4.37. The number of alkyl halides is 3. The zero-order chi connectivity index (χ0) is 16.7. The first kappa shape index (κ1) is 20.5. The predicted molar refractivity (Wildman–Crippen MR) is 86.0 cm³/mol. The van der Waals surface area contributed by atoms with Crippen LogP contribution in [0.1, 0.15) is 11.3 Å². The third-order valence-corrected chi connectivity index (χ3v) is 3.09. The Balaban J connectivity index is 0.00000288. The van der Waals surface area contributed by atoms with Gasteiger partial charge in [0.05, 0.1) is 31.9 Å². The molecule has 0 atom stereocenters. The standard InChI is InChI=1S/C16H18F3NO3.ClH/c17-16(18,19)13-3-1-2-12(10-13)15-5-4-14(23-15)11-20-6-8-22-9-7-21;/h1-5,10,20-21H,6-9,11H2;1H. The van der Waals surface area contributed by atoms with E-state index < -0.39 is 11.7 Å². The molecule has 0 aliphatic rings. The van der Waals surface area contributed by atoms with Crippen molar-refractivity contribution >= 4 is 12.4 Å². The first-order valence-electron chi connectivity index (χ1n) is 7.16. The summed E-state index contributed by atoms with van der Waals surface area (Å²) in [5.41, 5.74) is -0.315. The zero-order valence-corrected chi connectivity index (χ0v) is 13.6. The summed E-state index contributed by atoms with van der Waals surface area (Å²) in [6, 6.07) is 8.40. The minimum Gasteiger partial charge on any atom is -0.460 e. The molecule has 0 fully saturated rings. The van der Waals surface area contributed by atoms with Gasteiger partial charge in [0.25, 0.3) is 0 Å². The molecule has 0 bridgehead atoms. The van der Waals surface area contributed by atoms with Crippen molar-refractivity contribution in [3.8, 4) is 11.3 Å². The molecule has 1 aromatic carbocycles. The monoisotopic (exact) mass is 365 g/mol. The summed E-state index contributed by atoms with van der Waals surface area (Å²) in [5.74, 6) is 1.02. The summed E-state index contributed by atoms with van der Waals surface area (Å²) >= 11 is 0. The highest BCUT2D eigenvalue weighted by Crippen LogP contribution is 2.32. The molecule has 0 saturated carbocycles. The maximum Gasteiger partial charge on any atom is 0.416 e. The van der Waals surface area contributed by atoms with Crippen molar-refractivity contribution in [1.29, 1.82) is 0 Å². The Labute approximate surface area is 144 Å². The number of halogens is 4. The van der Waals surface area contributed by atoms with Gasteiger partial charge < -0.3 is 19.6 Å². The van der Waals surface area contributed by atoms with Crippen molar-refractivity contribution in [2.45, 2.75) is 12.7 Å². The van der Waals surface area contributed by atoms with Gasteiger partial charge in [0.15, 0.2) is 0 Å². The molecule has 0 unspecified atom stereocenters. The summed E-state index contributed by atoms with van der Waals surface area (Å²) in [7, 11) is 0. The van der Waals surface area contributed by atoms with E-state index in [-0.39, 0.29) is 19.0 Å². The summed E-state index contributed by atoms with van der Waals surface area (Å²) in [4.78, 5) is 0. The van der Waals surface area contributed by atoms with Gasteiger partial charge in [-0.1, -0.05) is 12.1 Å². The molecule has 0 amide bonds. The molecule has 0 aliphatic heterocycles. The summed E-state index contributed by atoms with van der Waals surface area (Å²) in [6.45, 7) is 1.77. The molecule has 0 aliphatic carbocycles. The first-order valence-corrected chi connectivity index (χ1v) is 7.16. The first-order chi connectivity index (χ1) is 11.0. The van der Waals surface area contributed by atoms with Crippen molar-refractivity contribution in [3.63, 3.8) is 0 Å². The van der Waals surface area contributed by atoms with E-state index >= 15 is 0 Å². The van der Waals surface area contributed by atoms with Crippen LogP contribution in [0, 0.1) is 0 Å². The van der Waals surface area contributed by atoms with E-state index in [0.717, 1.165) is 12.1 Å². The highest BCUT2D eigenvalue weighted by Gasteiger charge is 2.30. The smallest absolute Gasteiger partial charge is 0.416 e. The molecule has 2 N–H and O–H groups in total. The second kappa shape index (κ2) is 9.68. The van der Waals surface area contributed by atoms with E-state index in [0.29, 0.717) is 43.4 Å². The van der Waals surface area contributed by atoms with Crippen LogP contribution in [-0.4, -0.2) is 31.5 Å². The van der Waals surface area contributed by atoms with Crippen molar-refractivity contribution in [3.05, 3.63) is 47.7 Å². The summed E-state index contributed by atoms with van der Waals surface area (Å²) in [6.07, 6.45) is -4.37. The van der Waals surface area contributed by atoms with E-state index in [1.54, 1.807) is 18.2 Å². The van der Waals surface area contributed by atoms with Crippen molar-refractivity contribution in [2.75, 3.05) is 26.4 Å². The molecule has 4 nitrogen and oxygen atoms in total. The number of benzene rings is 1. The number of ether oxygens (including phenoxy) is 1. The van der Waals surface area contributed by atoms with Gasteiger partial charge in [0.1, 0.15) is 11.5 Å². The number of hydrogen-bond donors (Lipinski definition) is 2. The Morgan fingerprint density at radius 3 is 2.62 bits per heavy atom. The average molecular weight is 366 g/mol. The van der Waals surface area contributed by atoms with E-state index in [1.165, 1.54) is 6.07 Å². The fourth-order valence-corrected chi connectivity index (χ4v) is 2.00. The van der Waals surface area contributed by atoms with Gasteiger partial charge in [-0.2, -0.15) is 13.2 Å². The van der Waals surface area contributed by atoms with E-state index in [4.69, 9.17) is 14.3 Å². The largest absolute Gasteiger partial charge is 0.460 e. The fourth-order valence-electron chi connectivity index (χ4n) is 2.00. The number of aliphatic hydroxyl groups is 1. The number of hydrogen-bond acceptors (Lipinski definition) is 4. The van der Waals surface area contributed by atoms with Gasteiger partial charge >= 0.3 is 6.18 Å². The molecule has 0 radical (unpaired) electrons. The van der Waals surface area contributed by atoms with Gasteiger partial charge in [-0.3, -0.25) is 0 Å². The van der Waals surface area contributed by atoms with Crippen LogP contribution in [0.4, 0.5) is 13.2 Å². The lowest BCUT2D eigenvalue weighted by Gasteiger charge is -2.07. The van der Waals surface area contributed by atoms with Gasteiger partial charge in [-0.05, 0) is 24.3 Å². The lowest BCUT2D eigenvalue weighted by molar-refractivity contribution is -0.137. The zero-order valence-electron chi connectivity index (χ0n) is 12.8. The predicted octanol–water partition coefficient (Wildman–Crippen LogP) is 3.49. The van der Waals surface area contributed by atoms with Crippen molar-refractivity contribution in [1.82, 2.24) is 5.32 Å². The fraction of sp³-hybridized carbons (Fsp3) is 0.375. The average Bonchev–Trinajstić information content (AvgIpc) is 2.99. The molecule has 2 aromatic rings. The minimum absolute atomic E-state index is 0. The lowest BCUT2D eigenvalue weighted by Crippen LogP contribution is -2.19. The number of aliphatic hydroxyl groups excluding tert-OH is 1. The Bertz CT molecular complexity index is 617. The number of nitrogens with one attached hydrogen (secondary N) is 1. The molecule has 1 heterocycles. The molecule has 0 saturated heterocycles. The van der Waals surface area contributed by atoms with Crippen molar-refractivity contribution in [2.24, 2.45) is 0 Å². The molecule has 24 heavy (non-hydrogen) atoms. The van der Waals surface area contributed by atoms with E-state index in [2.05, 4.69) is 5.32 Å². The van der Waals surface area contributed by atoms with Crippen LogP contribution < -0.4 is 5.32 Å². The van der Waals surface area contributed by atoms with E-state index in [1.807, 2.05) is 0 Å². The molecular weight excluding hydrogens is 347 g/mol. The maximum absolute atomic E-state index is 12.7. The maximum atomic E-state index is 12.7. The van der Waals surface area contributed by atoms with Crippen LogP contribution in [0.5, 0.6) is 0 Å². The highest BCUT2D eigenvalue weighted by atomic mass is 35.5. The Morgan fingerprint density at radius 1 is 1.12 bits per heavy atom. The van der Waals surface area contributed by atoms with Crippen LogP contribution in [-0.2, 0) is 17.5 Å². The summed E-state index contributed by atoms with van der Waals surface area (Å²) < 4.78 is 48.8. The lowest BCUT2D eigenvalue weighted by atomic mass is 10.1. The Hall–Kier alpha value is -1.54. The Morgan fingerprint density at radius 2 is 1.92 bits per heavy atom. The second-order valence-corrected chi connectivity index (χ2v) is 4.86. The quantitative estimate of drug-likeness (QED) is 0.703. The Kier molecular flexibility index (Phi) is 8.27. The van der Waals surface area contributed by atoms with Gasteiger partial charge in [0, 0.05) is 12.1 Å². The van der Waals surface area contributed by atoms with Crippen LogP contribution in [0.3, 0.4) is 0 Å². The highest BCUT2D eigenvalue weighted by molar-refractivity contribution is 5.85. The molecule has 1 aromatic heterocycles. The topological polar surface area (TPSA) is 54.6 Å². The molecular formula is C16H19ClF3NO3. The van der Waals surface area contributed by atoms with Crippen LogP contribution in [0.2, 0.25) is 0 Å². The third kappa shape index (κ3) is 6.16. The van der Waals surface area contributed by atoms with E-state index in [9.17, 15) is 13.2 Å². The number of rotatable bonds is 8. The van der Waals surface area contributed by atoms with Gasteiger partial charge in [0.2, 0.25) is 0 Å². The van der Waals surface area contributed by atoms with Gasteiger partial charge in [-0.15, -0.1) is 12.4 Å². The molecule has 134 valence electrons. The second-order valence-electron chi connectivity index (χ2n) is 4.86. The molecule has 0 spiro atoms. The number of furan rings is 1. The third-order valence-electron chi connectivity index (χ3n) is 3.09. The molecule has 8 heteroatoms. The SMILES string of the molecule is Cl.OCCOCCNCc1ccc(-c2cccc(C(F)(F)F)c2)o1. The normalized spacial score (nSPS) is 11.3. The summed E-state index contributed by atoms with van der Waals surface area (Å²) in [5, 5.41) is 11.6. The van der Waals surface area contributed by atoms with Crippen LogP contribution in [0.25, 0.3) is 11.3 Å². The van der Waals surface area contributed by atoms with Crippen LogP contribution >= 0.6 is 12.4 Å². The molecule has 2 rings (SSSR count). The van der Waals surface area contributed by atoms with Gasteiger partial charge in [-0.25, -0.2) is 0 Å². The van der Waals surface area contributed by atoms with Crippen LogP contribution in [0.15, 0.2) is 40.8 Å². The van der Waals surface area contributed by atoms with Crippen molar-refractivity contribution < 1.29 is 27.4 Å².